The number of aryl methyl sites for hydroxylation is 1. The van der Waals surface area contributed by atoms with Crippen LogP contribution in [0.25, 0.3) is 22.4 Å². The number of aromatic nitrogens is 4. The van der Waals surface area contributed by atoms with Crippen molar-refractivity contribution in [2.45, 2.75) is 18.6 Å². The van der Waals surface area contributed by atoms with Crippen LogP contribution in [0.1, 0.15) is 11.1 Å². The van der Waals surface area contributed by atoms with Gasteiger partial charge in [0, 0.05) is 26.3 Å². The van der Waals surface area contributed by atoms with E-state index in [1.54, 1.807) is 10.6 Å². The Labute approximate surface area is 212 Å². The topological polar surface area (TPSA) is 84.5 Å². The molecule has 0 aliphatic heterocycles. The SMILES string of the molecule is Cc1ccc(-n2c(=O)c3ccccc3n3c(SCC(=O)NCc4ccc(N(C)C)cc4)nnc23)cc1. The fraction of sp³-hybridized carbons (Fsp3) is 0.185. The van der Waals surface area contributed by atoms with Crippen molar-refractivity contribution in [3.8, 4) is 5.69 Å². The van der Waals surface area contributed by atoms with Crippen LogP contribution in [0.4, 0.5) is 5.69 Å². The molecule has 8 nitrogen and oxygen atoms in total. The van der Waals surface area contributed by atoms with E-state index in [-0.39, 0.29) is 17.2 Å². The van der Waals surface area contributed by atoms with E-state index < -0.39 is 0 Å². The molecule has 0 spiro atoms. The Morgan fingerprint density at radius 2 is 1.69 bits per heavy atom. The van der Waals surface area contributed by atoms with Crippen molar-refractivity contribution in [2.24, 2.45) is 0 Å². The largest absolute Gasteiger partial charge is 0.378 e. The number of rotatable bonds is 7. The van der Waals surface area contributed by atoms with Crippen LogP contribution in [-0.4, -0.2) is 44.9 Å². The number of benzene rings is 3. The van der Waals surface area contributed by atoms with Crippen LogP contribution < -0.4 is 15.8 Å². The normalized spacial score (nSPS) is 11.2. The molecule has 0 unspecified atom stereocenters. The van der Waals surface area contributed by atoms with Gasteiger partial charge in [0.15, 0.2) is 5.16 Å². The summed E-state index contributed by atoms with van der Waals surface area (Å²) in [6.07, 6.45) is 0. The highest BCUT2D eigenvalue weighted by atomic mass is 32.2. The maximum absolute atomic E-state index is 13.4. The number of hydrogen-bond donors (Lipinski definition) is 1. The van der Waals surface area contributed by atoms with Crippen molar-refractivity contribution >= 4 is 40.0 Å². The molecular formula is C27H26N6O2S. The number of fused-ring (bicyclic) bond motifs is 3. The first kappa shape index (κ1) is 23.6. The van der Waals surface area contributed by atoms with E-state index in [2.05, 4.69) is 15.5 Å². The lowest BCUT2D eigenvalue weighted by Gasteiger charge is -2.13. The van der Waals surface area contributed by atoms with Gasteiger partial charge < -0.3 is 10.2 Å². The predicted octanol–water partition coefficient (Wildman–Crippen LogP) is 3.82. The average Bonchev–Trinajstić information content (AvgIpc) is 3.31. The molecule has 36 heavy (non-hydrogen) atoms. The summed E-state index contributed by atoms with van der Waals surface area (Å²) in [6, 6.07) is 23.1. The molecule has 1 N–H and O–H groups in total. The van der Waals surface area contributed by atoms with Crippen LogP contribution in [-0.2, 0) is 11.3 Å². The zero-order chi connectivity index (χ0) is 25.2. The summed E-state index contributed by atoms with van der Waals surface area (Å²) in [5.41, 5.74) is 4.48. The first-order chi connectivity index (χ1) is 17.4. The van der Waals surface area contributed by atoms with E-state index in [0.29, 0.717) is 34.1 Å². The van der Waals surface area contributed by atoms with Gasteiger partial charge in [-0.2, -0.15) is 0 Å². The van der Waals surface area contributed by atoms with Crippen molar-refractivity contribution in [1.82, 2.24) is 24.5 Å². The van der Waals surface area contributed by atoms with Crippen molar-refractivity contribution in [2.75, 3.05) is 24.7 Å². The second-order valence-corrected chi connectivity index (χ2v) is 9.68. The van der Waals surface area contributed by atoms with E-state index in [1.165, 1.54) is 11.8 Å². The number of carbonyl (C=O) groups excluding carboxylic acids is 1. The monoisotopic (exact) mass is 498 g/mol. The first-order valence-corrected chi connectivity index (χ1v) is 12.5. The van der Waals surface area contributed by atoms with Gasteiger partial charge in [-0.3, -0.25) is 14.0 Å². The van der Waals surface area contributed by atoms with Gasteiger partial charge in [0.25, 0.3) is 5.56 Å². The minimum absolute atomic E-state index is 0.107. The number of anilines is 1. The Hall–Kier alpha value is -4.11. The summed E-state index contributed by atoms with van der Waals surface area (Å²) < 4.78 is 3.41. The standard InChI is InChI=1S/C27H26N6O2S/c1-18-8-12-21(13-9-18)32-25(35)22-6-4-5-7-23(22)33-26(32)29-30-27(33)36-17-24(34)28-16-19-10-14-20(15-11-19)31(2)3/h4-15H,16-17H2,1-3H3,(H,28,34). The van der Waals surface area contributed by atoms with Crippen LogP contribution in [0.5, 0.6) is 0 Å². The molecule has 0 radical (unpaired) electrons. The summed E-state index contributed by atoms with van der Waals surface area (Å²) in [7, 11) is 3.98. The summed E-state index contributed by atoms with van der Waals surface area (Å²) in [5.74, 6) is 0.477. The van der Waals surface area contributed by atoms with Gasteiger partial charge in [-0.05, 0) is 48.9 Å². The van der Waals surface area contributed by atoms with E-state index >= 15 is 0 Å². The van der Waals surface area contributed by atoms with Crippen LogP contribution in [0.3, 0.4) is 0 Å². The number of thioether (sulfide) groups is 1. The minimum Gasteiger partial charge on any atom is -0.378 e. The lowest BCUT2D eigenvalue weighted by Crippen LogP contribution is -2.25. The second kappa shape index (κ2) is 9.87. The number of nitrogens with zero attached hydrogens (tertiary/aromatic N) is 5. The highest BCUT2D eigenvalue weighted by molar-refractivity contribution is 7.99. The number of para-hydroxylation sites is 1. The van der Waals surface area contributed by atoms with Gasteiger partial charge in [-0.25, -0.2) is 4.57 Å². The lowest BCUT2D eigenvalue weighted by atomic mass is 10.2. The third-order valence-electron chi connectivity index (χ3n) is 5.96. The molecule has 2 heterocycles. The van der Waals surface area contributed by atoms with Crippen LogP contribution in [0.15, 0.2) is 82.7 Å². The van der Waals surface area contributed by atoms with Gasteiger partial charge in [-0.15, -0.1) is 10.2 Å². The van der Waals surface area contributed by atoms with Crippen molar-refractivity contribution in [3.05, 3.63) is 94.3 Å². The Bertz CT molecular complexity index is 1600. The third kappa shape index (κ3) is 4.57. The molecule has 2 aromatic heterocycles. The van der Waals surface area contributed by atoms with Crippen molar-refractivity contribution in [3.63, 3.8) is 0 Å². The molecule has 9 heteroatoms. The Morgan fingerprint density at radius 3 is 2.42 bits per heavy atom. The molecule has 1 amide bonds. The van der Waals surface area contributed by atoms with E-state index in [4.69, 9.17) is 0 Å². The van der Waals surface area contributed by atoms with Crippen molar-refractivity contribution in [1.29, 1.82) is 0 Å². The fourth-order valence-corrected chi connectivity index (χ4v) is 4.76. The number of carbonyl (C=O) groups is 1. The highest BCUT2D eigenvalue weighted by Gasteiger charge is 2.18. The third-order valence-corrected chi connectivity index (χ3v) is 6.89. The smallest absolute Gasteiger partial charge is 0.267 e. The zero-order valence-electron chi connectivity index (χ0n) is 20.3. The molecule has 0 saturated heterocycles. The first-order valence-electron chi connectivity index (χ1n) is 11.5. The van der Waals surface area contributed by atoms with Crippen LogP contribution >= 0.6 is 11.8 Å². The molecular weight excluding hydrogens is 472 g/mol. The summed E-state index contributed by atoms with van der Waals surface area (Å²) >= 11 is 1.29. The Morgan fingerprint density at radius 1 is 0.972 bits per heavy atom. The molecule has 3 aromatic carbocycles. The fourth-order valence-electron chi connectivity index (χ4n) is 3.99. The second-order valence-electron chi connectivity index (χ2n) is 8.74. The lowest BCUT2D eigenvalue weighted by molar-refractivity contribution is -0.118. The summed E-state index contributed by atoms with van der Waals surface area (Å²) in [5, 5.41) is 12.7. The highest BCUT2D eigenvalue weighted by Crippen LogP contribution is 2.23. The predicted molar refractivity (Wildman–Crippen MR) is 144 cm³/mol. The summed E-state index contributed by atoms with van der Waals surface area (Å²) in [4.78, 5) is 28.0. The molecule has 0 bridgehead atoms. The molecule has 5 rings (SSSR count). The molecule has 182 valence electrons. The number of amides is 1. The average molecular weight is 499 g/mol. The van der Waals surface area contributed by atoms with Gasteiger partial charge in [-0.1, -0.05) is 53.7 Å². The molecule has 0 saturated carbocycles. The van der Waals surface area contributed by atoms with Crippen LogP contribution in [0.2, 0.25) is 0 Å². The van der Waals surface area contributed by atoms with Gasteiger partial charge in [0.1, 0.15) is 0 Å². The van der Waals surface area contributed by atoms with E-state index in [0.717, 1.165) is 16.8 Å². The van der Waals surface area contributed by atoms with Gasteiger partial charge in [0.05, 0.1) is 22.3 Å². The van der Waals surface area contributed by atoms with Crippen molar-refractivity contribution < 1.29 is 4.79 Å². The minimum atomic E-state index is -0.163. The van der Waals surface area contributed by atoms with E-state index in [1.807, 2.05) is 97.0 Å². The zero-order valence-corrected chi connectivity index (χ0v) is 21.1. The van der Waals surface area contributed by atoms with Gasteiger partial charge in [0.2, 0.25) is 11.7 Å². The van der Waals surface area contributed by atoms with E-state index in [9.17, 15) is 9.59 Å². The van der Waals surface area contributed by atoms with Crippen LogP contribution in [0, 0.1) is 6.92 Å². The molecule has 0 fully saturated rings. The maximum atomic E-state index is 13.4. The number of hydrogen-bond acceptors (Lipinski definition) is 6. The van der Waals surface area contributed by atoms with Gasteiger partial charge >= 0.3 is 0 Å². The molecule has 0 aliphatic rings. The maximum Gasteiger partial charge on any atom is 0.267 e. The number of nitrogens with one attached hydrogen (secondary N) is 1. The molecule has 0 aliphatic carbocycles. The Kier molecular flexibility index (Phi) is 6.47. The summed E-state index contributed by atoms with van der Waals surface area (Å²) in [6.45, 7) is 2.45. The Balaban J connectivity index is 1.41. The molecule has 5 aromatic rings. The quantitative estimate of drug-likeness (QED) is 0.344. The molecule has 0 atom stereocenters.